The Balaban J connectivity index is 0. The molecule has 3 atom stereocenters. The molecule has 0 fully saturated rings. The second kappa shape index (κ2) is 24.5. The fraction of sp³-hybridized carbons (Fsp3) is 0.667. The fourth-order valence-electron chi connectivity index (χ4n) is 3.30. The number of nitrogens with one attached hydrogen (secondary N) is 2. The summed E-state index contributed by atoms with van der Waals surface area (Å²) in [5, 5.41) is 24.1. The maximum atomic E-state index is 12.7. The van der Waals surface area contributed by atoms with Crippen molar-refractivity contribution in [1.82, 2.24) is 10.6 Å². The summed E-state index contributed by atoms with van der Waals surface area (Å²) in [6.07, 6.45) is 15.3. The number of aliphatic hydroxyl groups is 1. The second-order valence-corrected chi connectivity index (χ2v) is 10.1. The Bertz CT molecular complexity index is 779. The first-order valence-electron chi connectivity index (χ1n) is 13.2. The molecular weight excluding hydrogens is 544 g/mol. The quantitative estimate of drug-likeness (QED) is 0.105. The largest absolute Gasteiger partial charge is 1.00 e. The molecule has 0 aromatic rings. The van der Waals surface area contributed by atoms with Crippen LogP contribution in [0.2, 0.25) is 0 Å². The average molecular weight is 587 g/mol. The minimum atomic E-state index is -5.22. The molecule has 0 bridgehead atoms. The van der Waals surface area contributed by atoms with Crippen molar-refractivity contribution in [3.63, 3.8) is 0 Å². The van der Waals surface area contributed by atoms with Crippen molar-refractivity contribution >= 4 is 29.5 Å². The summed E-state index contributed by atoms with van der Waals surface area (Å²) in [6, 6.07) is -1.66. The number of amides is 2. The summed E-state index contributed by atoms with van der Waals surface area (Å²) in [4.78, 5) is 34.2. The number of hydrogen-bond acceptors (Lipinski definition) is 6. The average Bonchev–Trinajstić information content (AvgIpc) is 2.86. The van der Waals surface area contributed by atoms with Crippen LogP contribution in [0.4, 0.5) is 13.2 Å². The molecule has 0 aliphatic rings. The SMILES string of the molecule is CCCCCCCC/C=C/C=C/C=C/C(SCC(NC(=O)C(F)(F)F)C(=O)NCC(=O)[O-])[C@H](O)CCCC.[Na+]. The minimum Gasteiger partial charge on any atom is -0.548 e. The molecular formula is C27H42F3N2NaO5S. The number of alkyl halides is 3. The van der Waals surface area contributed by atoms with Gasteiger partial charge in [0.25, 0.3) is 0 Å². The van der Waals surface area contributed by atoms with Gasteiger partial charge in [0.05, 0.1) is 18.6 Å². The normalized spacial score (nSPS) is 14.3. The van der Waals surface area contributed by atoms with E-state index in [4.69, 9.17) is 0 Å². The van der Waals surface area contributed by atoms with Gasteiger partial charge in [0, 0.05) is 11.0 Å². The third kappa shape index (κ3) is 22.1. The van der Waals surface area contributed by atoms with Crippen LogP contribution in [-0.2, 0) is 14.4 Å². The predicted molar refractivity (Wildman–Crippen MR) is 143 cm³/mol. The van der Waals surface area contributed by atoms with Gasteiger partial charge in [0.15, 0.2) is 0 Å². The Hall–Kier alpha value is -1.27. The smallest absolute Gasteiger partial charge is 0.548 e. The van der Waals surface area contributed by atoms with Gasteiger partial charge in [-0.15, -0.1) is 11.8 Å². The molecule has 0 heterocycles. The van der Waals surface area contributed by atoms with Crippen LogP contribution < -0.4 is 45.3 Å². The molecule has 0 rings (SSSR count). The fourth-order valence-corrected chi connectivity index (χ4v) is 4.51. The van der Waals surface area contributed by atoms with Crippen molar-refractivity contribution in [3.05, 3.63) is 36.5 Å². The van der Waals surface area contributed by atoms with E-state index in [-0.39, 0.29) is 35.3 Å². The molecule has 3 N–H and O–H groups in total. The van der Waals surface area contributed by atoms with Gasteiger partial charge in [-0.3, -0.25) is 9.59 Å². The van der Waals surface area contributed by atoms with Crippen molar-refractivity contribution in [2.24, 2.45) is 0 Å². The number of thioether (sulfide) groups is 1. The summed E-state index contributed by atoms with van der Waals surface area (Å²) in [6.45, 7) is 3.23. The van der Waals surface area contributed by atoms with E-state index < -0.39 is 47.9 Å². The van der Waals surface area contributed by atoms with Crippen LogP contribution in [0.25, 0.3) is 0 Å². The van der Waals surface area contributed by atoms with Crippen molar-refractivity contribution in [3.8, 4) is 0 Å². The monoisotopic (exact) mass is 586 g/mol. The van der Waals surface area contributed by atoms with Gasteiger partial charge >= 0.3 is 41.6 Å². The molecule has 0 radical (unpaired) electrons. The zero-order valence-corrected chi connectivity index (χ0v) is 26.1. The van der Waals surface area contributed by atoms with Crippen LogP contribution in [-0.4, -0.2) is 58.8 Å². The summed E-state index contributed by atoms with van der Waals surface area (Å²) in [5.74, 6) is -5.36. The van der Waals surface area contributed by atoms with E-state index in [1.807, 2.05) is 24.4 Å². The third-order valence-corrected chi connectivity index (χ3v) is 6.85. The number of halogens is 3. The topological polar surface area (TPSA) is 119 Å². The summed E-state index contributed by atoms with van der Waals surface area (Å²) in [5.41, 5.74) is 0. The van der Waals surface area contributed by atoms with Crippen molar-refractivity contribution < 1.29 is 67.3 Å². The van der Waals surface area contributed by atoms with Crippen LogP contribution in [0.1, 0.15) is 78.1 Å². The zero-order valence-electron chi connectivity index (χ0n) is 23.3. The van der Waals surface area contributed by atoms with E-state index in [2.05, 4.69) is 13.0 Å². The number of aliphatic carboxylic acids is 1. The van der Waals surface area contributed by atoms with E-state index in [9.17, 15) is 37.8 Å². The van der Waals surface area contributed by atoms with Crippen molar-refractivity contribution in [2.45, 2.75) is 102 Å². The van der Waals surface area contributed by atoms with Crippen LogP contribution in [0, 0.1) is 0 Å². The number of carboxylic acids is 1. The van der Waals surface area contributed by atoms with E-state index in [0.29, 0.717) is 6.42 Å². The van der Waals surface area contributed by atoms with Crippen molar-refractivity contribution in [2.75, 3.05) is 12.3 Å². The summed E-state index contributed by atoms with van der Waals surface area (Å²) in [7, 11) is 0. The molecule has 2 amide bonds. The molecule has 0 aromatic heterocycles. The van der Waals surface area contributed by atoms with Gasteiger partial charge in [0.1, 0.15) is 6.04 Å². The number of aliphatic hydroxyl groups excluding tert-OH is 1. The van der Waals surface area contributed by atoms with Gasteiger partial charge in [-0.1, -0.05) is 95.2 Å². The first kappa shape index (κ1) is 39.9. The van der Waals surface area contributed by atoms with E-state index in [1.165, 1.54) is 32.1 Å². The molecule has 0 saturated carbocycles. The minimum absolute atomic E-state index is 0. The Morgan fingerprint density at radius 1 is 0.949 bits per heavy atom. The molecule has 12 heteroatoms. The van der Waals surface area contributed by atoms with Crippen LogP contribution >= 0.6 is 11.8 Å². The van der Waals surface area contributed by atoms with Crippen LogP contribution in [0.3, 0.4) is 0 Å². The molecule has 218 valence electrons. The first-order valence-corrected chi connectivity index (χ1v) is 14.2. The summed E-state index contributed by atoms with van der Waals surface area (Å²) < 4.78 is 38.2. The second-order valence-electron chi connectivity index (χ2n) is 8.88. The van der Waals surface area contributed by atoms with E-state index in [0.717, 1.165) is 37.4 Å². The Kier molecular flexibility index (Phi) is 25.1. The zero-order chi connectivity index (χ0) is 28.8. The number of carboxylic acid groups (broad SMARTS) is 1. The maximum Gasteiger partial charge on any atom is 1.00 e. The molecule has 39 heavy (non-hydrogen) atoms. The third-order valence-electron chi connectivity index (χ3n) is 5.47. The number of unbranched alkanes of at least 4 members (excludes halogenated alkanes) is 7. The number of carbonyl (C=O) groups is 3. The molecule has 0 spiro atoms. The molecule has 0 aliphatic carbocycles. The summed E-state index contributed by atoms with van der Waals surface area (Å²) >= 11 is 0.992. The van der Waals surface area contributed by atoms with E-state index in [1.54, 1.807) is 23.5 Å². The first-order chi connectivity index (χ1) is 18.0. The molecule has 2 unspecified atom stereocenters. The van der Waals surface area contributed by atoms with Gasteiger partial charge in [-0.05, 0) is 19.3 Å². The standard InChI is InChI=1S/C27H43F3N2O5S.Na/c1-3-5-7-8-9-10-11-12-13-14-15-16-18-23(22(33)17-6-4-2)38-20-21(25(36)31-19-24(34)35)32-26(37)27(28,29)30;/h12-16,18,21-23,33H,3-11,17,19-20H2,1-2H3,(H,31,36)(H,32,37)(H,34,35);/q;+1/p-1/b13-12+,15-14+,18-16+;/t21?,22-,23?;/m1./s1. The molecule has 7 nitrogen and oxygen atoms in total. The van der Waals surface area contributed by atoms with Crippen LogP contribution in [0.5, 0.6) is 0 Å². The van der Waals surface area contributed by atoms with Crippen LogP contribution in [0.15, 0.2) is 36.5 Å². The maximum absolute atomic E-state index is 12.7. The molecule has 0 saturated heterocycles. The number of carbonyl (C=O) groups excluding carboxylic acids is 3. The molecule has 0 aromatic carbocycles. The number of rotatable bonds is 21. The Morgan fingerprint density at radius 2 is 1.56 bits per heavy atom. The van der Waals surface area contributed by atoms with Gasteiger partial charge in [0.2, 0.25) is 5.91 Å². The van der Waals surface area contributed by atoms with E-state index >= 15 is 0 Å². The number of hydrogen-bond donors (Lipinski definition) is 3. The molecule has 0 aliphatic heterocycles. The van der Waals surface area contributed by atoms with Gasteiger partial charge in [-0.25, -0.2) is 0 Å². The van der Waals surface area contributed by atoms with Crippen molar-refractivity contribution in [1.29, 1.82) is 0 Å². The van der Waals surface area contributed by atoms with Gasteiger partial charge < -0.3 is 25.6 Å². The number of allylic oxidation sites excluding steroid dienone is 5. The van der Waals surface area contributed by atoms with Gasteiger partial charge in [-0.2, -0.15) is 13.2 Å². The Labute approximate surface area is 256 Å². The Morgan fingerprint density at radius 3 is 2.18 bits per heavy atom. The predicted octanol–water partition coefficient (Wildman–Crippen LogP) is 0.976.